The first kappa shape index (κ1) is 20.9. The molecule has 0 amide bonds. The lowest BCUT2D eigenvalue weighted by molar-refractivity contribution is -0.147. The third kappa shape index (κ3) is 4.86. The van der Waals surface area contributed by atoms with Crippen molar-refractivity contribution < 1.29 is 23.8 Å². The van der Waals surface area contributed by atoms with Crippen molar-refractivity contribution in [3.8, 4) is 11.5 Å². The fraction of sp³-hybridized carbons (Fsp3) is 0.120. The second-order valence-corrected chi connectivity index (χ2v) is 7.86. The lowest BCUT2D eigenvalue weighted by atomic mass is 10.0. The highest BCUT2D eigenvalue weighted by molar-refractivity contribution is 9.10. The van der Waals surface area contributed by atoms with Crippen LogP contribution in [0.5, 0.6) is 11.5 Å². The minimum Gasteiger partial charge on any atom is -0.482 e. The number of hydrogen-bond acceptors (Lipinski definition) is 5. The lowest BCUT2D eigenvalue weighted by Crippen LogP contribution is -2.14. The van der Waals surface area contributed by atoms with Gasteiger partial charge in [-0.05, 0) is 41.8 Å². The second-order valence-electron chi connectivity index (χ2n) is 7.01. The zero-order chi connectivity index (χ0) is 21.8. The average molecular weight is 479 g/mol. The summed E-state index contributed by atoms with van der Waals surface area (Å²) in [7, 11) is 0. The van der Waals surface area contributed by atoms with Gasteiger partial charge in [0.2, 0.25) is 5.78 Å². The molecule has 0 bridgehead atoms. The first-order valence-corrected chi connectivity index (χ1v) is 10.5. The molecule has 4 rings (SSSR count). The van der Waals surface area contributed by atoms with Crippen LogP contribution in [0.25, 0.3) is 6.08 Å². The van der Waals surface area contributed by atoms with Gasteiger partial charge in [0.05, 0.1) is 5.56 Å². The summed E-state index contributed by atoms with van der Waals surface area (Å²) < 4.78 is 17.5. The number of fused-ring (bicyclic) bond motifs is 1. The number of hydrogen-bond donors (Lipinski definition) is 0. The van der Waals surface area contributed by atoms with Crippen LogP contribution >= 0.6 is 15.9 Å². The van der Waals surface area contributed by atoms with E-state index in [9.17, 15) is 9.59 Å². The molecule has 0 unspecified atom stereocenters. The highest BCUT2D eigenvalue weighted by atomic mass is 79.9. The summed E-state index contributed by atoms with van der Waals surface area (Å²) in [6.45, 7) is 1.76. The van der Waals surface area contributed by atoms with Crippen LogP contribution in [0.15, 0.2) is 77.0 Å². The number of rotatable bonds is 6. The molecular formula is C25H19BrO5. The second kappa shape index (κ2) is 9.18. The number of esters is 1. The van der Waals surface area contributed by atoms with Crippen LogP contribution in [0.2, 0.25) is 0 Å². The summed E-state index contributed by atoms with van der Waals surface area (Å²) in [5, 5.41) is 0. The topological polar surface area (TPSA) is 61.8 Å². The highest BCUT2D eigenvalue weighted by Crippen LogP contribution is 2.38. The van der Waals surface area contributed by atoms with E-state index in [1.54, 1.807) is 18.2 Å². The van der Waals surface area contributed by atoms with Crippen molar-refractivity contribution in [1.29, 1.82) is 0 Å². The summed E-state index contributed by atoms with van der Waals surface area (Å²) in [5.41, 5.74) is 2.96. The fourth-order valence-corrected chi connectivity index (χ4v) is 3.62. The third-order valence-electron chi connectivity index (χ3n) is 4.73. The monoisotopic (exact) mass is 478 g/mol. The molecule has 0 radical (unpaired) electrons. The smallest absolute Gasteiger partial charge is 0.344 e. The number of ether oxygens (including phenoxy) is 3. The van der Waals surface area contributed by atoms with Gasteiger partial charge in [-0.25, -0.2) is 4.79 Å². The van der Waals surface area contributed by atoms with Crippen LogP contribution in [0, 0.1) is 6.92 Å². The molecule has 5 nitrogen and oxygen atoms in total. The normalized spacial score (nSPS) is 13.6. The molecule has 0 saturated heterocycles. The van der Waals surface area contributed by atoms with Crippen LogP contribution in [-0.2, 0) is 16.1 Å². The Kier molecular flexibility index (Phi) is 6.18. The number of halogens is 1. The Morgan fingerprint density at radius 3 is 2.58 bits per heavy atom. The SMILES string of the molecule is Cc1cc(OCC(=O)OCc2ccccc2)cc2c1C(=O)/C(=C/c1ccccc1Br)O2. The maximum atomic E-state index is 12.8. The molecule has 0 spiro atoms. The average Bonchev–Trinajstić information content (AvgIpc) is 3.08. The highest BCUT2D eigenvalue weighted by Gasteiger charge is 2.30. The predicted octanol–water partition coefficient (Wildman–Crippen LogP) is 5.50. The first-order valence-electron chi connectivity index (χ1n) is 9.67. The zero-order valence-corrected chi connectivity index (χ0v) is 18.3. The number of carbonyl (C=O) groups is 2. The quantitative estimate of drug-likeness (QED) is 0.346. The van der Waals surface area contributed by atoms with E-state index in [4.69, 9.17) is 14.2 Å². The van der Waals surface area contributed by atoms with Crippen molar-refractivity contribution in [3.63, 3.8) is 0 Å². The van der Waals surface area contributed by atoms with Gasteiger partial charge in [0.25, 0.3) is 0 Å². The Balaban J connectivity index is 1.43. The minimum absolute atomic E-state index is 0.183. The van der Waals surface area contributed by atoms with Crippen LogP contribution < -0.4 is 9.47 Å². The van der Waals surface area contributed by atoms with Crippen LogP contribution in [-0.4, -0.2) is 18.4 Å². The number of ketones is 1. The van der Waals surface area contributed by atoms with Crippen LogP contribution in [0.1, 0.15) is 27.0 Å². The van der Waals surface area contributed by atoms with Crippen molar-refractivity contribution in [2.75, 3.05) is 6.61 Å². The van der Waals surface area contributed by atoms with Crippen LogP contribution in [0.4, 0.5) is 0 Å². The fourth-order valence-electron chi connectivity index (χ4n) is 3.22. The molecule has 1 heterocycles. The van der Waals surface area contributed by atoms with Crippen molar-refractivity contribution in [1.82, 2.24) is 0 Å². The molecule has 31 heavy (non-hydrogen) atoms. The Hall–Kier alpha value is -3.38. The Morgan fingerprint density at radius 2 is 1.81 bits per heavy atom. The molecule has 0 saturated carbocycles. The molecule has 0 atom stereocenters. The van der Waals surface area contributed by atoms with E-state index < -0.39 is 5.97 Å². The molecule has 1 aliphatic rings. The van der Waals surface area contributed by atoms with E-state index in [1.165, 1.54) is 0 Å². The molecule has 1 aliphatic heterocycles. The molecule has 3 aromatic carbocycles. The zero-order valence-electron chi connectivity index (χ0n) is 16.8. The molecule has 0 fully saturated rings. The summed E-state index contributed by atoms with van der Waals surface area (Å²) in [6, 6.07) is 20.3. The predicted molar refractivity (Wildman–Crippen MR) is 120 cm³/mol. The standard InChI is InChI=1S/C25H19BrO5/c1-16-11-19(29-15-23(27)30-14-17-7-3-2-4-8-17)13-21-24(16)25(28)22(31-21)12-18-9-5-6-10-20(18)26/h2-13H,14-15H2,1H3/b22-12-. The maximum Gasteiger partial charge on any atom is 0.344 e. The van der Waals surface area contributed by atoms with Gasteiger partial charge in [0.15, 0.2) is 12.4 Å². The van der Waals surface area contributed by atoms with E-state index in [1.807, 2.05) is 61.5 Å². The first-order chi connectivity index (χ1) is 15.0. The van der Waals surface area contributed by atoms with E-state index in [2.05, 4.69) is 15.9 Å². The Labute approximate surface area is 188 Å². The Morgan fingerprint density at radius 1 is 1.06 bits per heavy atom. The summed E-state index contributed by atoms with van der Waals surface area (Å²) in [5.74, 6) is 0.425. The van der Waals surface area contributed by atoms with Gasteiger partial charge in [-0.2, -0.15) is 0 Å². The van der Waals surface area contributed by atoms with Crippen molar-refractivity contribution in [2.45, 2.75) is 13.5 Å². The van der Waals surface area contributed by atoms with Gasteiger partial charge >= 0.3 is 5.97 Å². The molecule has 156 valence electrons. The van der Waals surface area contributed by atoms with E-state index in [-0.39, 0.29) is 24.8 Å². The van der Waals surface area contributed by atoms with E-state index in [0.717, 1.165) is 15.6 Å². The molecular weight excluding hydrogens is 460 g/mol. The third-order valence-corrected chi connectivity index (χ3v) is 5.46. The van der Waals surface area contributed by atoms with Gasteiger partial charge in [0.1, 0.15) is 18.1 Å². The number of carbonyl (C=O) groups excluding carboxylic acids is 2. The lowest BCUT2D eigenvalue weighted by Gasteiger charge is -2.09. The van der Waals surface area contributed by atoms with Gasteiger partial charge in [0, 0.05) is 10.5 Å². The molecule has 3 aromatic rings. The number of allylic oxidation sites excluding steroid dienone is 1. The molecule has 0 aromatic heterocycles. The van der Waals surface area contributed by atoms with Crippen molar-refractivity contribution >= 4 is 33.8 Å². The summed E-state index contributed by atoms with van der Waals surface area (Å²) >= 11 is 3.47. The molecule has 6 heteroatoms. The van der Waals surface area contributed by atoms with Crippen molar-refractivity contribution in [2.24, 2.45) is 0 Å². The van der Waals surface area contributed by atoms with Gasteiger partial charge in [-0.15, -0.1) is 0 Å². The van der Waals surface area contributed by atoms with Gasteiger partial charge in [-0.3, -0.25) is 4.79 Å². The van der Waals surface area contributed by atoms with Crippen LogP contribution in [0.3, 0.4) is 0 Å². The molecule has 0 aliphatic carbocycles. The number of aryl methyl sites for hydroxylation is 1. The summed E-state index contributed by atoms with van der Waals surface area (Å²) in [6.07, 6.45) is 1.70. The van der Waals surface area contributed by atoms with E-state index >= 15 is 0 Å². The number of Topliss-reactive ketones (excluding diaryl/α,β-unsaturated/α-hetero) is 1. The minimum atomic E-state index is -0.478. The Bertz CT molecular complexity index is 1170. The number of benzene rings is 3. The maximum absolute atomic E-state index is 12.8. The van der Waals surface area contributed by atoms with Gasteiger partial charge < -0.3 is 14.2 Å². The van der Waals surface area contributed by atoms with Crippen molar-refractivity contribution in [3.05, 3.63) is 99.2 Å². The van der Waals surface area contributed by atoms with E-state index in [0.29, 0.717) is 22.6 Å². The summed E-state index contributed by atoms with van der Waals surface area (Å²) in [4.78, 5) is 24.8. The van der Waals surface area contributed by atoms with Gasteiger partial charge in [-0.1, -0.05) is 64.5 Å². The largest absolute Gasteiger partial charge is 0.482 e. The molecule has 0 N–H and O–H groups in total.